The molecule has 9 heteroatoms. The summed E-state index contributed by atoms with van der Waals surface area (Å²) in [4.78, 5) is 37.0. The van der Waals surface area contributed by atoms with Crippen molar-refractivity contribution in [2.45, 2.75) is 102 Å². The van der Waals surface area contributed by atoms with Crippen LogP contribution < -0.4 is 9.64 Å². The molecule has 45 heavy (non-hydrogen) atoms. The molecule has 2 bridgehead atoms. The van der Waals surface area contributed by atoms with Gasteiger partial charge in [0.05, 0.1) is 12.8 Å². The number of benzene rings is 1. The Labute approximate surface area is 265 Å². The van der Waals surface area contributed by atoms with Gasteiger partial charge < -0.3 is 9.84 Å². The SMILES string of the molecule is COc1ccc(C23CCC(CN(c4cc(-n5cnc(C6CC6)n5)ccn4)C(=O)[C@H]4CC[C@H](CC(=O)O)CC4)(CC2)CC3)cc1C. The van der Waals surface area contributed by atoms with Crippen LogP contribution in [-0.4, -0.2) is 50.4 Å². The zero-order valence-corrected chi connectivity index (χ0v) is 26.6. The van der Waals surface area contributed by atoms with E-state index in [0.29, 0.717) is 18.3 Å². The van der Waals surface area contributed by atoms with Crippen LogP contribution in [0.4, 0.5) is 5.82 Å². The highest BCUT2D eigenvalue weighted by Crippen LogP contribution is 2.58. The van der Waals surface area contributed by atoms with E-state index < -0.39 is 5.97 Å². The number of nitrogens with zero attached hydrogens (tertiary/aromatic N) is 5. The Morgan fingerprint density at radius 2 is 1.71 bits per heavy atom. The summed E-state index contributed by atoms with van der Waals surface area (Å²) in [5.41, 5.74) is 3.72. The number of pyridine rings is 1. The minimum atomic E-state index is -0.750. The second-order valence-electron chi connectivity index (χ2n) is 14.4. The third-order valence-corrected chi connectivity index (χ3v) is 11.5. The molecule has 1 aromatic carbocycles. The molecule has 5 fully saturated rings. The summed E-state index contributed by atoms with van der Waals surface area (Å²) < 4.78 is 7.34. The van der Waals surface area contributed by atoms with Crippen molar-refractivity contribution in [3.63, 3.8) is 0 Å². The first kappa shape index (κ1) is 29.9. The first-order chi connectivity index (χ1) is 21.8. The van der Waals surface area contributed by atoms with Gasteiger partial charge in [-0.25, -0.2) is 14.6 Å². The Bertz CT molecular complexity index is 1550. The molecule has 0 aliphatic heterocycles. The van der Waals surface area contributed by atoms with Gasteiger partial charge in [0.1, 0.15) is 17.9 Å². The summed E-state index contributed by atoms with van der Waals surface area (Å²) in [5, 5.41) is 14.0. The number of aromatic nitrogens is 4. The topological polar surface area (TPSA) is 110 Å². The average Bonchev–Trinajstić information content (AvgIpc) is 3.80. The fourth-order valence-electron chi connectivity index (χ4n) is 8.46. The van der Waals surface area contributed by atoms with Gasteiger partial charge in [0.2, 0.25) is 5.91 Å². The summed E-state index contributed by atoms with van der Waals surface area (Å²) >= 11 is 0. The first-order valence-electron chi connectivity index (χ1n) is 16.8. The standard InChI is InChI=1S/C36H45N5O4/c1-24-19-28(9-10-30(24)45-2)36-15-12-35(13-16-36,14-17-36)22-40(34(44)27-5-3-25(4-6-27)20-32(42)43)31-21-29(11-18-37-31)41-23-38-33(39-41)26-7-8-26/h9-11,18-19,21,23,25-27H,3-8,12-17,20,22H2,1-2H3,(H,42,43)/t25-,27-,35?,36?. The average molecular weight is 612 g/mol. The molecule has 2 heterocycles. The summed E-state index contributed by atoms with van der Waals surface area (Å²) in [6.07, 6.45) is 15.7. The van der Waals surface area contributed by atoms with Crippen LogP contribution in [-0.2, 0) is 15.0 Å². The van der Waals surface area contributed by atoms with Gasteiger partial charge in [-0.1, -0.05) is 12.1 Å². The minimum absolute atomic E-state index is 0.0590. The van der Waals surface area contributed by atoms with Gasteiger partial charge in [-0.2, -0.15) is 5.10 Å². The Kier molecular flexibility index (Phi) is 7.90. The lowest BCUT2D eigenvalue weighted by Crippen LogP contribution is -2.52. The summed E-state index contributed by atoms with van der Waals surface area (Å²) in [5.74, 6) is 2.39. The van der Waals surface area contributed by atoms with Crippen LogP contribution in [0.1, 0.15) is 106 Å². The van der Waals surface area contributed by atoms with E-state index in [1.54, 1.807) is 19.6 Å². The molecule has 3 aromatic rings. The van der Waals surface area contributed by atoms with Gasteiger partial charge in [-0.3, -0.25) is 14.5 Å². The normalized spacial score (nSPS) is 27.7. The first-order valence-corrected chi connectivity index (χ1v) is 16.8. The van der Waals surface area contributed by atoms with Crippen molar-refractivity contribution < 1.29 is 19.4 Å². The van der Waals surface area contributed by atoms with Crippen molar-refractivity contribution in [2.24, 2.45) is 17.3 Å². The summed E-state index contributed by atoms with van der Waals surface area (Å²) in [6, 6.07) is 10.6. The second-order valence-corrected chi connectivity index (χ2v) is 14.4. The van der Waals surface area contributed by atoms with Gasteiger partial charge in [-0.15, -0.1) is 0 Å². The maximum Gasteiger partial charge on any atom is 0.303 e. The maximum atomic E-state index is 14.4. The molecule has 1 N–H and O–H groups in total. The minimum Gasteiger partial charge on any atom is -0.496 e. The smallest absolute Gasteiger partial charge is 0.303 e. The number of aliphatic carboxylic acids is 1. The van der Waals surface area contributed by atoms with Crippen LogP contribution in [0, 0.1) is 24.2 Å². The van der Waals surface area contributed by atoms with Crippen molar-refractivity contribution in [1.29, 1.82) is 0 Å². The highest BCUT2D eigenvalue weighted by molar-refractivity contribution is 5.94. The molecule has 0 unspecified atom stereocenters. The van der Waals surface area contributed by atoms with E-state index >= 15 is 0 Å². The van der Waals surface area contributed by atoms with Crippen molar-refractivity contribution >= 4 is 17.7 Å². The van der Waals surface area contributed by atoms with Crippen molar-refractivity contribution in [3.8, 4) is 11.4 Å². The van der Waals surface area contributed by atoms with Crippen LogP contribution in [0.15, 0.2) is 42.9 Å². The van der Waals surface area contributed by atoms with Gasteiger partial charge in [0.25, 0.3) is 0 Å². The molecule has 0 atom stereocenters. The van der Waals surface area contributed by atoms with E-state index in [1.807, 2.05) is 21.7 Å². The van der Waals surface area contributed by atoms with Crippen molar-refractivity contribution in [3.05, 3.63) is 59.8 Å². The lowest BCUT2D eigenvalue weighted by Gasteiger charge is -2.55. The molecule has 5 aliphatic carbocycles. The van der Waals surface area contributed by atoms with Crippen molar-refractivity contribution in [1.82, 2.24) is 19.7 Å². The highest BCUT2D eigenvalue weighted by atomic mass is 16.5. The number of carbonyl (C=O) groups is 2. The molecular formula is C36H45N5O4. The van der Waals surface area contributed by atoms with Crippen LogP contribution in [0.5, 0.6) is 5.75 Å². The second kappa shape index (κ2) is 11.9. The molecule has 5 saturated carbocycles. The predicted octanol–water partition coefficient (Wildman–Crippen LogP) is 6.76. The summed E-state index contributed by atoms with van der Waals surface area (Å²) in [7, 11) is 1.73. The molecule has 0 radical (unpaired) electrons. The number of hydrogen-bond acceptors (Lipinski definition) is 6. The van der Waals surface area contributed by atoms with Crippen molar-refractivity contribution in [2.75, 3.05) is 18.6 Å². The Morgan fingerprint density at radius 1 is 0.978 bits per heavy atom. The molecule has 2 aromatic heterocycles. The molecule has 8 rings (SSSR count). The molecule has 0 spiro atoms. The molecule has 1 amide bonds. The fraction of sp³-hybridized carbons (Fsp3) is 0.583. The third-order valence-electron chi connectivity index (χ3n) is 11.5. The highest BCUT2D eigenvalue weighted by Gasteiger charge is 2.51. The Balaban J connectivity index is 1.13. The van der Waals surface area contributed by atoms with E-state index in [0.717, 1.165) is 94.3 Å². The van der Waals surface area contributed by atoms with Gasteiger partial charge in [0, 0.05) is 37.1 Å². The predicted molar refractivity (Wildman–Crippen MR) is 171 cm³/mol. The number of rotatable bonds is 10. The zero-order chi connectivity index (χ0) is 31.2. The molecular weight excluding hydrogens is 566 g/mol. The number of fused-ring (bicyclic) bond motifs is 3. The van der Waals surface area contributed by atoms with E-state index in [9.17, 15) is 14.7 Å². The lowest BCUT2D eigenvalue weighted by atomic mass is 9.51. The van der Waals surface area contributed by atoms with Crippen LogP contribution in [0.2, 0.25) is 0 Å². The number of ether oxygens (including phenoxy) is 1. The van der Waals surface area contributed by atoms with Gasteiger partial charge >= 0.3 is 5.97 Å². The number of carbonyl (C=O) groups excluding carboxylic acids is 1. The number of carboxylic acid groups (broad SMARTS) is 1. The Hall–Kier alpha value is -3.75. The Morgan fingerprint density at radius 3 is 2.36 bits per heavy atom. The number of anilines is 1. The lowest BCUT2D eigenvalue weighted by molar-refractivity contribution is -0.138. The number of hydrogen-bond donors (Lipinski definition) is 1. The zero-order valence-electron chi connectivity index (χ0n) is 26.6. The van der Waals surface area contributed by atoms with Gasteiger partial charge in [-0.05, 0) is 124 Å². The van der Waals surface area contributed by atoms with E-state index in [4.69, 9.17) is 14.8 Å². The fourth-order valence-corrected chi connectivity index (χ4v) is 8.46. The quantitative estimate of drug-likeness (QED) is 0.270. The number of aryl methyl sites for hydroxylation is 1. The van der Waals surface area contributed by atoms with E-state index in [-0.39, 0.29) is 35.0 Å². The number of methoxy groups -OCH3 is 1. The molecule has 238 valence electrons. The summed E-state index contributed by atoms with van der Waals surface area (Å²) in [6.45, 7) is 2.79. The van der Waals surface area contributed by atoms with Crippen LogP contribution in [0.3, 0.4) is 0 Å². The number of amides is 1. The molecule has 5 aliphatic rings. The third kappa shape index (κ3) is 5.98. The maximum absolute atomic E-state index is 14.4. The van der Waals surface area contributed by atoms with E-state index in [2.05, 4.69) is 30.1 Å². The van der Waals surface area contributed by atoms with Crippen LogP contribution >= 0.6 is 0 Å². The number of carboxylic acids is 1. The van der Waals surface area contributed by atoms with E-state index in [1.165, 1.54) is 11.1 Å². The van der Waals surface area contributed by atoms with Gasteiger partial charge in [0.15, 0.2) is 5.82 Å². The van der Waals surface area contributed by atoms with Crippen LogP contribution in [0.25, 0.3) is 5.69 Å². The molecule has 9 nitrogen and oxygen atoms in total. The monoisotopic (exact) mass is 611 g/mol. The largest absolute Gasteiger partial charge is 0.496 e. The molecule has 0 saturated heterocycles.